The summed E-state index contributed by atoms with van der Waals surface area (Å²) in [5, 5.41) is 11.6. The summed E-state index contributed by atoms with van der Waals surface area (Å²) in [6, 6.07) is 10.7. The molecule has 39 heavy (non-hydrogen) atoms. The maximum atomic E-state index is 13.5. The van der Waals surface area contributed by atoms with Gasteiger partial charge in [0.05, 0.1) is 42.0 Å². The Balaban J connectivity index is 1.93. The standard InChI is InChI=1S/C29H30N2O7S/c1-6-36-20-12-9-18(10-13-20)25(33)23-24(19-11-14-21(37-7-2)22(15-19)38-8-3)31(28(35)26(23)34)29-30-16(4)27(39-29)17(5)32/h9-15,24,33H,6-8H2,1-5H3. The quantitative estimate of drug-likeness (QED) is 0.153. The summed E-state index contributed by atoms with van der Waals surface area (Å²) in [6.45, 7) is 9.90. The van der Waals surface area contributed by atoms with Gasteiger partial charge in [-0.25, -0.2) is 4.98 Å². The number of rotatable bonds is 10. The minimum absolute atomic E-state index is 0.104. The van der Waals surface area contributed by atoms with Crippen molar-refractivity contribution in [1.29, 1.82) is 0 Å². The number of carbonyl (C=O) groups is 3. The van der Waals surface area contributed by atoms with Gasteiger partial charge in [0.25, 0.3) is 5.78 Å². The Labute approximate surface area is 230 Å². The second-order valence-electron chi connectivity index (χ2n) is 8.67. The summed E-state index contributed by atoms with van der Waals surface area (Å²) in [5.41, 5.74) is 1.20. The van der Waals surface area contributed by atoms with Gasteiger partial charge in [0.2, 0.25) is 0 Å². The molecule has 9 nitrogen and oxygen atoms in total. The van der Waals surface area contributed by atoms with Crippen LogP contribution in [0.5, 0.6) is 17.2 Å². The van der Waals surface area contributed by atoms with Crippen molar-refractivity contribution in [2.24, 2.45) is 0 Å². The van der Waals surface area contributed by atoms with Crippen molar-refractivity contribution >= 4 is 39.7 Å². The monoisotopic (exact) mass is 550 g/mol. The Kier molecular flexibility index (Phi) is 8.35. The Morgan fingerprint density at radius 1 is 0.974 bits per heavy atom. The number of aromatic nitrogens is 1. The number of amides is 1. The van der Waals surface area contributed by atoms with E-state index in [-0.39, 0.29) is 22.2 Å². The van der Waals surface area contributed by atoms with Gasteiger partial charge in [-0.05, 0) is 69.7 Å². The molecule has 3 aromatic rings. The summed E-state index contributed by atoms with van der Waals surface area (Å²) in [6.07, 6.45) is 0. The highest BCUT2D eigenvalue weighted by atomic mass is 32.1. The number of aliphatic hydroxyl groups excluding tert-OH is 1. The number of ether oxygens (including phenoxy) is 3. The number of thiazole rings is 1. The van der Waals surface area contributed by atoms with E-state index in [9.17, 15) is 19.5 Å². The van der Waals surface area contributed by atoms with E-state index in [1.807, 2.05) is 20.8 Å². The molecule has 1 saturated heterocycles. The minimum Gasteiger partial charge on any atom is -0.507 e. The van der Waals surface area contributed by atoms with E-state index < -0.39 is 17.7 Å². The van der Waals surface area contributed by atoms with E-state index in [1.165, 1.54) is 11.8 Å². The van der Waals surface area contributed by atoms with Crippen LogP contribution in [0.3, 0.4) is 0 Å². The molecule has 1 aliphatic heterocycles. The zero-order valence-electron chi connectivity index (χ0n) is 22.4. The molecule has 0 saturated carbocycles. The first-order valence-electron chi connectivity index (χ1n) is 12.6. The fourth-order valence-electron chi connectivity index (χ4n) is 4.43. The van der Waals surface area contributed by atoms with Crippen molar-refractivity contribution in [3.05, 3.63) is 69.7 Å². The molecule has 0 radical (unpaired) electrons. The third-order valence-electron chi connectivity index (χ3n) is 6.08. The van der Waals surface area contributed by atoms with Crippen molar-refractivity contribution in [1.82, 2.24) is 4.98 Å². The normalized spacial score (nSPS) is 16.4. The summed E-state index contributed by atoms with van der Waals surface area (Å²) in [7, 11) is 0. The maximum Gasteiger partial charge on any atom is 0.301 e. The lowest BCUT2D eigenvalue weighted by molar-refractivity contribution is -0.132. The highest BCUT2D eigenvalue weighted by Gasteiger charge is 2.48. The van der Waals surface area contributed by atoms with Crippen LogP contribution < -0.4 is 19.1 Å². The lowest BCUT2D eigenvalue weighted by Gasteiger charge is -2.24. The molecule has 1 aromatic heterocycles. The van der Waals surface area contributed by atoms with Crippen LogP contribution in [0.2, 0.25) is 0 Å². The maximum absolute atomic E-state index is 13.5. The molecule has 0 aliphatic carbocycles. The second kappa shape index (κ2) is 11.7. The minimum atomic E-state index is -1.03. The highest BCUT2D eigenvalue weighted by Crippen LogP contribution is 2.45. The lowest BCUT2D eigenvalue weighted by atomic mass is 9.95. The molecule has 4 rings (SSSR count). The number of nitrogens with zero attached hydrogens (tertiary/aromatic N) is 2. The van der Waals surface area contributed by atoms with Gasteiger partial charge in [-0.3, -0.25) is 19.3 Å². The average molecular weight is 551 g/mol. The van der Waals surface area contributed by atoms with Gasteiger partial charge in [-0.15, -0.1) is 0 Å². The van der Waals surface area contributed by atoms with Crippen LogP contribution in [0.25, 0.3) is 5.76 Å². The Morgan fingerprint density at radius 2 is 1.62 bits per heavy atom. The van der Waals surface area contributed by atoms with Gasteiger partial charge in [0, 0.05) is 12.5 Å². The smallest absolute Gasteiger partial charge is 0.301 e. The third kappa shape index (κ3) is 5.37. The van der Waals surface area contributed by atoms with E-state index in [1.54, 1.807) is 49.4 Å². The van der Waals surface area contributed by atoms with Gasteiger partial charge in [-0.1, -0.05) is 17.4 Å². The van der Waals surface area contributed by atoms with E-state index >= 15 is 0 Å². The number of benzene rings is 2. The average Bonchev–Trinajstić information content (AvgIpc) is 3.42. The third-order valence-corrected chi connectivity index (χ3v) is 7.34. The molecule has 1 atom stereocenters. The predicted molar refractivity (Wildman–Crippen MR) is 148 cm³/mol. The molecule has 2 aromatic carbocycles. The van der Waals surface area contributed by atoms with Gasteiger partial charge in [0.1, 0.15) is 11.5 Å². The van der Waals surface area contributed by atoms with Crippen LogP contribution in [0, 0.1) is 6.92 Å². The van der Waals surface area contributed by atoms with E-state index in [2.05, 4.69) is 4.98 Å². The summed E-state index contributed by atoms with van der Waals surface area (Å²) < 4.78 is 17.0. The van der Waals surface area contributed by atoms with Crippen LogP contribution in [-0.2, 0) is 9.59 Å². The zero-order valence-corrected chi connectivity index (χ0v) is 23.3. The van der Waals surface area contributed by atoms with Crippen LogP contribution >= 0.6 is 11.3 Å². The lowest BCUT2D eigenvalue weighted by Crippen LogP contribution is -2.29. The summed E-state index contributed by atoms with van der Waals surface area (Å²) >= 11 is 1.03. The number of Topliss-reactive ketones (excluding diaryl/α,β-unsaturated/α-hetero) is 2. The molecule has 1 amide bonds. The molecule has 2 heterocycles. The van der Waals surface area contributed by atoms with Crippen molar-refractivity contribution in [2.75, 3.05) is 24.7 Å². The number of ketones is 2. The molecular formula is C29H30N2O7S. The number of hydrogen-bond acceptors (Lipinski definition) is 9. The molecule has 0 spiro atoms. The Morgan fingerprint density at radius 3 is 2.21 bits per heavy atom. The fourth-order valence-corrected chi connectivity index (χ4v) is 5.41. The molecule has 1 fully saturated rings. The molecule has 204 valence electrons. The van der Waals surface area contributed by atoms with Gasteiger partial charge >= 0.3 is 5.91 Å². The first kappa shape index (κ1) is 27.8. The van der Waals surface area contributed by atoms with Crippen molar-refractivity contribution in [3.63, 3.8) is 0 Å². The van der Waals surface area contributed by atoms with Crippen LogP contribution in [0.15, 0.2) is 48.0 Å². The van der Waals surface area contributed by atoms with E-state index in [0.717, 1.165) is 11.3 Å². The van der Waals surface area contributed by atoms with Crippen molar-refractivity contribution in [3.8, 4) is 17.2 Å². The van der Waals surface area contributed by atoms with Crippen LogP contribution in [0.1, 0.15) is 60.2 Å². The first-order chi connectivity index (χ1) is 18.7. The second-order valence-corrected chi connectivity index (χ2v) is 9.64. The van der Waals surface area contributed by atoms with E-state index in [4.69, 9.17) is 14.2 Å². The number of hydrogen-bond donors (Lipinski definition) is 1. The zero-order chi connectivity index (χ0) is 28.3. The topological polar surface area (TPSA) is 115 Å². The summed E-state index contributed by atoms with van der Waals surface area (Å²) in [5.74, 6) is -0.708. The number of anilines is 1. The number of aliphatic hydroxyl groups is 1. The van der Waals surface area contributed by atoms with Crippen molar-refractivity contribution < 1.29 is 33.7 Å². The highest BCUT2D eigenvalue weighted by molar-refractivity contribution is 7.18. The van der Waals surface area contributed by atoms with Crippen LogP contribution in [-0.4, -0.2) is 47.4 Å². The SMILES string of the molecule is CCOc1ccc(C(O)=C2C(=O)C(=O)N(c3nc(C)c(C(C)=O)s3)C2c2ccc(OCC)c(OCC)c2)cc1. The van der Waals surface area contributed by atoms with Gasteiger partial charge in [0.15, 0.2) is 22.4 Å². The number of carbonyl (C=O) groups excluding carboxylic acids is 3. The van der Waals surface area contributed by atoms with Gasteiger partial charge in [-0.2, -0.15) is 0 Å². The van der Waals surface area contributed by atoms with Crippen LogP contribution in [0.4, 0.5) is 5.13 Å². The van der Waals surface area contributed by atoms with Crippen molar-refractivity contribution in [2.45, 2.75) is 40.7 Å². The molecule has 0 bridgehead atoms. The summed E-state index contributed by atoms with van der Waals surface area (Å²) in [4.78, 5) is 45.2. The first-order valence-corrected chi connectivity index (χ1v) is 13.4. The fraction of sp³-hybridized carbons (Fsp3) is 0.310. The van der Waals surface area contributed by atoms with E-state index in [0.29, 0.717) is 58.8 Å². The molecular weight excluding hydrogens is 520 g/mol. The predicted octanol–water partition coefficient (Wildman–Crippen LogP) is 5.48. The Hall–Kier alpha value is -4.18. The largest absolute Gasteiger partial charge is 0.507 e. The Bertz CT molecular complexity index is 1440. The molecule has 1 aliphatic rings. The number of aryl methyl sites for hydroxylation is 1. The molecule has 1 N–H and O–H groups in total. The molecule has 1 unspecified atom stereocenters. The van der Waals surface area contributed by atoms with Gasteiger partial charge < -0.3 is 19.3 Å². The molecule has 10 heteroatoms.